The molecule has 0 spiro atoms. The summed E-state index contributed by atoms with van der Waals surface area (Å²) < 4.78 is 16.0. The van der Waals surface area contributed by atoms with Crippen molar-refractivity contribution in [3.05, 3.63) is 57.1 Å². The Labute approximate surface area is 153 Å². The van der Waals surface area contributed by atoms with Gasteiger partial charge < -0.3 is 19.5 Å². The van der Waals surface area contributed by atoms with Crippen molar-refractivity contribution in [2.45, 2.75) is 19.6 Å². The van der Waals surface area contributed by atoms with Gasteiger partial charge in [-0.3, -0.25) is 14.9 Å². The normalized spacial score (nSPS) is 13.2. The third-order valence-electron chi connectivity index (χ3n) is 3.70. The number of ether oxygens (including phenoxy) is 3. The van der Waals surface area contributed by atoms with Gasteiger partial charge in [-0.25, -0.2) is 0 Å². The second-order valence-electron chi connectivity index (χ2n) is 5.54. The Hall–Kier alpha value is -3.00. The number of fused-ring (bicyclic) bond motifs is 1. The quantitative estimate of drug-likeness (QED) is 0.612. The van der Waals surface area contributed by atoms with Gasteiger partial charge in [-0.05, 0) is 30.7 Å². The molecule has 0 saturated carbocycles. The number of nitrogens with zero attached hydrogens (tertiary/aromatic N) is 1. The Morgan fingerprint density at radius 2 is 2.08 bits per heavy atom. The summed E-state index contributed by atoms with van der Waals surface area (Å²) in [5.41, 5.74) is 0.699. The molecule has 1 heterocycles. The molecule has 0 aliphatic carbocycles. The molecule has 0 saturated heterocycles. The van der Waals surface area contributed by atoms with E-state index in [0.717, 1.165) is 5.56 Å². The lowest BCUT2D eigenvalue weighted by Gasteiger charge is -2.15. The van der Waals surface area contributed by atoms with Crippen LogP contribution in [0, 0.1) is 10.1 Å². The van der Waals surface area contributed by atoms with Crippen molar-refractivity contribution in [3.8, 4) is 17.2 Å². The van der Waals surface area contributed by atoms with Crippen LogP contribution in [0.3, 0.4) is 0 Å². The SMILES string of the molecule is C[C@H](Oc1ccc([N+](=O)[O-])cc1Cl)C(=O)NCc1ccc2c(c1)OCO2. The van der Waals surface area contributed by atoms with E-state index >= 15 is 0 Å². The molecule has 3 rings (SSSR count). The maximum absolute atomic E-state index is 12.2. The van der Waals surface area contributed by atoms with Gasteiger partial charge in [-0.1, -0.05) is 17.7 Å². The van der Waals surface area contributed by atoms with Crippen LogP contribution in [-0.4, -0.2) is 23.7 Å². The highest BCUT2D eigenvalue weighted by Gasteiger charge is 2.18. The van der Waals surface area contributed by atoms with Crippen molar-refractivity contribution in [1.82, 2.24) is 5.32 Å². The zero-order valence-corrected chi connectivity index (χ0v) is 14.5. The van der Waals surface area contributed by atoms with Crippen molar-refractivity contribution in [3.63, 3.8) is 0 Å². The first-order chi connectivity index (χ1) is 12.4. The van der Waals surface area contributed by atoms with Crippen molar-refractivity contribution in [1.29, 1.82) is 0 Å². The maximum Gasteiger partial charge on any atom is 0.271 e. The molecule has 1 aliphatic heterocycles. The lowest BCUT2D eigenvalue weighted by molar-refractivity contribution is -0.384. The maximum atomic E-state index is 12.2. The van der Waals surface area contributed by atoms with Gasteiger partial charge in [0.25, 0.3) is 11.6 Å². The molecule has 1 N–H and O–H groups in total. The largest absolute Gasteiger partial charge is 0.479 e. The van der Waals surface area contributed by atoms with E-state index in [9.17, 15) is 14.9 Å². The number of hydrogen-bond donors (Lipinski definition) is 1. The summed E-state index contributed by atoms with van der Waals surface area (Å²) in [6.45, 7) is 2.04. The zero-order valence-electron chi connectivity index (χ0n) is 13.7. The van der Waals surface area contributed by atoms with E-state index in [1.165, 1.54) is 18.2 Å². The number of hydrogen-bond acceptors (Lipinski definition) is 6. The van der Waals surface area contributed by atoms with Gasteiger partial charge >= 0.3 is 0 Å². The Morgan fingerprint density at radius 1 is 1.31 bits per heavy atom. The van der Waals surface area contributed by atoms with E-state index in [-0.39, 0.29) is 35.7 Å². The number of non-ortho nitro benzene ring substituents is 1. The summed E-state index contributed by atoms with van der Waals surface area (Å²) in [4.78, 5) is 22.3. The minimum atomic E-state index is -0.831. The third kappa shape index (κ3) is 3.97. The van der Waals surface area contributed by atoms with Crippen LogP contribution in [0.4, 0.5) is 5.69 Å². The lowest BCUT2D eigenvalue weighted by Crippen LogP contribution is -2.35. The van der Waals surface area contributed by atoms with Gasteiger partial charge in [0, 0.05) is 18.7 Å². The van der Waals surface area contributed by atoms with Gasteiger partial charge in [0.1, 0.15) is 5.75 Å². The number of benzene rings is 2. The fraction of sp³-hybridized carbons (Fsp3) is 0.235. The van der Waals surface area contributed by atoms with Crippen molar-refractivity contribution >= 4 is 23.2 Å². The standard InChI is InChI=1S/C17H15ClN2O6/c1-10(26-14-5-3-12(20(22)23)7-13(14)18)17(21)19-8-11-2-4-15-16(6-11)25-9-24-15/h2-7,10H,8-9H2,1H3,(H,19,21)/t10-/m0/s1. The molecule has 0 unspecified atom stereocenters. The predicted octanol–water partition coefficient (Wildman–Crippen LogP) is 3.06. The number of carbonyl (C=O) groups excluding carboxylic acids is 1. The number of rotatable bonds is 6. The topological polar surface area (TPSA) is 99.9 Å². The number of nitro groups is 1. The molecule has 136 valence electrons. The Morgan fingerprint density at radius 3 is 2.81 bits per heavy atom. The average Bonchev–Trinajstić information content (AvgIpc) is 3.08. The second kappa shape index (κ2) is 7.49. The first kappa shape index (κ1) is 17.8. The van der Waals surface area contributed by atoms with Gasteiger partial charge in [0.05, 0.1) is 9.95 Å². The van der Waals surface area contributed by atoms with E-state index < -0.39 is 11.0 Å². The summed E-state index contributed by atoms with van der Waals surface area (Å²) in [6, 6.07) is 9.20. The van der Waals surface area contributed by atoms with Crippen LogP contribution < -0.4 is 19.5 Å². The summed E-state index contributed by atoms with van der Waals surface area (Å²) in [5.74, 6) is 1.16. The monoisotopic (exact) mass is 378 g/mol. The highest BCUT2D eigenvalue weighted by molar-refractivity contribution is 6.32. The summed E-state index contributed by atoms with van der Waals surface area (Å²) >= 11 is 5.96. The first-order valence-corrected chi connectivity index (χ1v) is 8.08. The average molecular weight is 379 g/mol. The Bertz CT molecular complexity index is 857. The van der Waals surface area contributed by atoms with Crippen LogP contribution in [-0.2, 0) is 11.3 Å². The van der Waals surface area contributed by atoms with Gasteiger partial charge in [-0.2, -0.15) is 0 Å². The molecular weight excluding hydrogens is 364 g/mol. The van der Waals surface area contributed by atoms with Crippen LogP contribution in [0.25, 0.3) is 0 Å². The van der Waals surface area contributed by atoms with E-state index in [0.29, 0.717) is 11.5 Å². The molecule has 0 fully saturated rings. The van der Waals surface area contributed by atoms with Crippen molar-refractivity contribution in [2.24, 2.45) is 0 Å². The van der Waals surface area contributed by atoms with Crippen LogP contribution >= 0.6 is 11.6 Å². The summed E-state index contributed by atoms with van der Waals surface area (Å²) in [5, 5.41) is 13.5. The Balaban J connectivity index is 1.57. The van der Waals surface area contributed by atoms with E-state index in [1.54, 1.807) is 19.1 Å². The highest BCUT2D eigenvalue weighted by atomic mass is 35.5. The molecule has 2 aromatic rings. The minimum absolute atomic E-state index is 0.0645. The van der Waals surface area contributed by atoms with Gasteiger partial charge in [0.2, 0.25) is 6.79 Å². The van der Waals surface area contributed by atoms with E-state index in [1.807, 2.05) is 6.07 Å². The third-order valence-corrected chi connectivity index (χ3v) is 4.00. The molecule has 1 amide bonds. The molecule has 0 bridgehead atoms. The minimum Gasteiger partial charge on any atom is -0.479 e. The predicted molar refractivity (Wildman–Crippen MR) is 92.6 cm³/mol. The molecular formula is C17H15ClN2O6. The highest BCUT2D eigenvalue weighted by Crippen LogP contribution is 2.32. The zero-order chi connectivity index (χ0) is 18.7. The van der Waals surface area contributed by atoms with Crippen molar-refractivity contribution in [2.75, 3.05) is 6.79 Å². The number of halogens is 1. The molecule has 0 aromatic heterocycles. The molecule has 2 aromatic carbocycles. The fourth-order valence-electron chi connectivity index (χ4n) is 2.33. The van der Waals surface area contributed by atoms with Gasteiger partial charge in [-0.15, -0.1) is 0 Å². The molecule has 8 nitrogen and oxygen atoms in total. The fourth-order valence-corrected chi connectivity index (χ4v) is 2.55. The molecule has 26 heavy (non-hydrogen) atoms. The van der Waals surface area contributed by atoms with Crippen LogP contribution in [0.2, 0.25) is 5.02 Å². The van der Waals surface area contributed by atoms with Crippen molar-refractivity contribution < 1.29 is 23.9 Å². The van der Waals surface area contributed by atoms with Crippen LogP contribution in [0.15, 0.2) is 36.4 Å². The number of nitro benzene ring substituents is 1. The second-order valence-corrected chi connectivity index (χ2v) is 5.94. The summed E-state index contributed by atoms with van der Waals surface area (Å²) in [6.07, 6.45) is -0.831. The first-order valence-electron chi connectivity index (χ1n) is 7.71. The smallest absolute Gasteiger partial charge is 0.271 e. The summed E-state index contributed by atoms with van der Waals surface area (Å²) in [7, 11) is 0. The molecule has 1 atom stereocenters. The van der Waals surface area contributed by atoms with Crippen LogP contribution in [0.5, 0.6) is 17.2 Å². The number of amides is 1. The number of nitrogens with one attached hydrogen (secondary N) is 1. The molecule has 9 heteroatoms. The molecule has 1 aliphatic rings. The van der Waals surface area contributed by atoms with Crippen LogP contribution in [0.1, 0.15) is 12.5 Å². The molecule has 0 radical (unpaired) electrons. The number of carbonyl (C=O) groups is 1. The van der Waals surface area contributed by atoms with Gasteiger partial charge in [0.15, 0.2) is 17.6 Å². The van der Waals surface area contributed by atoms with E-state index in [4.69, 9.17) is 25.8 Å². The van der Waals surface area contributed by atoms with E-state index in [2.05, 4.69) is 5.32 Å². The lowest BCUT2D eigenvalue weighted by atomic mass is 10.2. The Kier molecular flexibility index (Phi) is 5.13.